The lowest BCUT2D eigenvalue weighted by Crippen LogP contribution is -2.50. The third-order valence-corrected chi connectivity index (χ3v) is 8.47. The van der Waals surface area contributed by atoms with Gasteiger partial charge >= 0.3 is 0 Å². The van der Waals surface area contributed by atoms with E-state index >= 15 is 0 Å². The molecule has 0 radical (unpaired) electrons. The molecule has 4 aliphatic rings. The van der Waals surface area contributed by atoms with Crippen molar-refractivity contribution in [2.45, 2.75) is 69.9 Å². The molecule has 2 saturated heterocycles. The summed E-state index contributed by atoms with van der Waals surface area (Å²) in [7, 11) is 0. The number of pyridine rings is 1. The lowest BCUT2D eigenvalue weighted by atomic mass is 9.61. The quantitative estimate of drug-likeness (QED) is 0.667. The summed E-state index contributed by atoms with van der Waals surface area (Å²) >= 11 is 0. The van der Waals surface area contributed by atoms with E-state index in [1.54, 1.807) is 0 Å². The number of nitriles is 1. The average Bonchev–Trinajstić information content (AvgIpc) is 3.38. The molecule has 0 atom stereocenters. The van der Waals surface area contributed by atoms with E-state index in [9.17, 15) is 10.4 Å². The highest BCUT2D eigenvalue weighted by Crippen LogP contribution is 2.58. The van der Waals surface area contributed by atoms with Crippen LogP contribution in [0.5, 0.6) is 0 Å². The Labute approximate surface area is 188 Å². The van der Waals surface area contributed by atoms with Gasteiger partial charge in [0.05, 0.1) is 34.5 Å². The molecule has 2 saturated carbocycles. The van der Waals surface area contributed by atoms with Gasteiger partial charge in [0.1, 0.15) is 5.82 Å². The molecule has 164 valence electrons. The molecule has 2 aliphatic carbocycles. The molecule has 0 unspecified atom stereocenters. The van der Waals surface area contributed by atoms with Crippen molar-refractivity contribution in [3.05, 3.63) is 47.8 Å². The summed E-state index contributed by atoms with van der Waals surface area (Å²) in [6.45, 7) is 6.73. The molecular weight excluding hydrogens is 398 g/mol. The van der Waals surface area contributed by atoms with E-state index in [2.05, 4.69) is 41.3 Å². The number of hydrogen-bond acceptors (Lipinski definition) is 5. The van der Waals surface area contributed by atoms with Crippen LogP contribution in [-0.4, -0.2) is 38.1 Å². The molecular formula is C26H29N5O. The zero-order valence-electron chi connectivity index (χ0n) is 19.0. The lowest BCUT2D eigenvalue weighted by Gasteiger charge is -2.45. The molecule has 2 bridgehead atoms. The maximum atomic E-state index is 10.7. The van der Waals surface area contributed by atoms with Gasteiger partial charge in [-0.1, -0.05) is 12.1 Å². The Kier molecular flexibility index (Phi) is 3.90. The topological polar surface area (TPSA) is 78.0 Å². The Morgan fingerprint density at radius 3 is 2.59 bits per heavy atom. The number of aryl methyl sites for hydroxylation is 1. The van der Waals surface area contributed by atoms with Crippen LogP contribution in [0.15, 0.2) is 36.5 Å². The minimum Gasteiger partial charge on any atom is -0.390 e. The number of nitrogens with zero attached hydrogens (tertiary/aromatic N) is 5. The van der Waals surface area contributed by atoms with Crippen molar-refractivity contribution in [2.75, 3.05) is 11.4 Å². The summed E-state index contributed by atoms with van der Waals surface area (Å²) in [5.74, 6) is 0.959. The van der Waals surface area contributed by atoms with Gasteiger partial charge in [-0.15, -0.1) is 0 Å². The van der Waals surface area contributed by atoms with E-state index in [1.807, 2.05) is 31.6 Å². The number of rotatable bonds is 4. The second-order valence-corrected chi connectivity index (χ2v) is 10.7. The number of fused-ring (bicyclic) bond motifs is 2. The third kappa shape index (κ3) is 2.61. The fraction of sp³-hybridized carbons (Fsp3) is 0.500. The molecule has 4 fully saturated rings. The van der Waals surface area contributed by atoms with E-state index in [1.165, 1.54) is 0 Å². The summed E-state index contributed by atoms with van der Waals surface area (Å²) in [6, 6.07) is 13.5. The summed E-state index contributed by atoms with van der Waals surface area (Å²) in [5, 5.41) is 26.3. The molecule has 2 aliphatic heterocycles. The summed E-state index contributed by atoms with van der Waals surface area (Å²) in [4.78, 5) is 7.21. The first kappa shape index (κ1) is 19.8. The summed E-state index contributed by atoms with van der Waals surface area (Å²) in [5.41, 5.74) is 3.00. The predicted molar refractivity (Wildman–Crippen MR) is 124 cm³/mol. The Balaban J connectivity index is 1.40. The highest BCUT2D eigenvalue weighted by atomic mass is 16.3. The Morgan fingerprint density at radius 2 is 1.97 bits per heavy atom. The second kappa shape index (κ2) is 6.32. The van der Waals surface area contributed by atoms with Crippen molar-refractivity contribution >= 4 is 16.7 Å². The van der Waals surface area contributed by atoms with Crippen LogP contribution in [0.25, 0.3) is 16.6 Å². The number of hydrogen-bond donors (Lipinski definition) is 1. The summed E-state index contributed by atoms with van der Waals surface area (Å²) in [6.07, 6.45) is 6.91. The van der Waals surface area contributed by atoms with Crippen molar-refractivity contribution in [1.29, 1.82) is 5.26 Å². The Hall–Kier alpha value is -2.91. The van der Waals surface area contributed by atoms with Crippen LogP contribution in [0.2, 0.25) is 0 Å². The van der Waals surface area contributed by atoms with Crippen molar-refractivity contribution in [1.82, 2.24) is 14.8 Å². The molecule has 32 heavy (non-hydrogen) atoms. The number of benzene rings is 1. The van der Waals surface area contributed by atoms with Gasteiger partial charge in [-0.25, -0.2) is 9.67 Å². The van der Waals surface area contributed by atoms with Crippen molar-refractivity contribution in [3.63, 3.8) is 0 Å². The number of aromatic nitrogens is 3. The zero-order valence-corrected chi connectivity index (χ0v) is 19.0. The van der Waals surface area contributed by atoms with Gasteiger partial charge in [-0.3, -0.25) is 0 Å². The smallest absolute Gasteiger partial charge is 0.131 e. The normalized spacial score (nSPS) is 26.0. The van der Waals surface area contributed by atoms with Crippen molar-refractivity contribution < 1.29 is 5.11 Å². The molecule has 0 spiro atoms. The van der Waals surface area contributed by atoms with Crippen LogP contribution in [-0.2, 0) is 5.41 Å². The van der Waals surface area contributed by atoms with Crippen LogP contribution >= 0.6 is 0 Å². The maximum absolute atomic E-state index is 10.7. The monoisotopic (exact) mass is 427 g/mol. The molecule has 6 nitrogen and oxygen atoms in total. The number of aliphatic hydroxyl groups is 1. The maximum Gasteiger partial charge on any atom is 0.131 e. The molecule has 1 N–H and O–H groups in total. The average molecular weight is 428 g/mol. The van der Waals surface area contributed by atoms with E-state index < -0.39 is 5.60 Å². The second-order valence-electron chi connectivity index (χ2n) is 10.7. The van der Waals surface area contributed by atoms with Gasteiger partial charge < -0.3 is 10.0 Å². The largest absolute Gasteiger partial charge is 0.390 e. The molecule has 4 heterocycles. The highest BCUT2D eigenvalue weighted by Gasteiger charge is 2.62. The van der Waals surface area contributed by atoms with Gasteiger partial charge in [-0.2, -0.15) is 10.4 Å². The Bertz CT molecular complexity index is 1270. The van der Waals surface area contributed by atoms with Gasteiger partial charge in [0, 0.05) is 35.1 Å². The first-order valence-electron chi connectivity index (χ1n) is 11.6. The van der Waals surface area contributed by atoms with E-state index in [-0.39, 0.29) is 10.8 Å². The molecule has 1 aromatic carbocycles. The van der Waals surface area contributed by atoms with Crippen LogP contribution < -0.4 is 4.90 Å². The lowest BCUT2D eigenvalue weighted by molar-refractivity contribution is -0.0754. The first-order chi connectivity index (χ1) is 15.2. The van der Waals surface area contributed by atoms with Crippen LogP contribution in [0.4, 0.5) is 5.82 Å². The van der Waals surface area contributed by atoms with Crippen LogP contribution in [0, 0.1) is 23.7 Å². The number of anilines is 1. The minimum atomic E-state index is -0.683. The van der Waals surface area contributed by atoms with Gasteiger partial charge in [0.15, 0.2) is 0 Å². The van der Waals surface area contributed by atoms with Crippen molar-refractivity contribution in [2.24, 2.45) is 5.41 Å². The first-order valence-corrected chi connectivity index (χ1v) is 11.6. The van der Waals surface area contributed by atoms with Crippen LogP contribution in [0.1, 0.15) is 57.2 Å². The Morgan fingerprint density at radius 1 is 1.19 bits per heavy atom. The standard InChI is InChI=1S/C26H29N5O/c1-17-9-20(11-23(29-17)30-16-26(24(2,3)32)12-21(30)13-26)31-22-10-19(6-5-18(22)14-28-31)25(15-27)7-4-8-25/h5-6,9-11,14,21,32H,4,7-8,12-13,16H2,1-3H3. The van der Waals surface area contributed by atoms with E-state index in [0.29, 0.717) is 6.04 Å². The van der Waals surface area contributed by atoms with E-state index in [4.69, 9.17) is 10.1 Å². The molecule has 7 rings (SSSR count). The zero-order chi connectivity index (χ0) is 22.3. The highest BCUT2D eigenvalue weighted by molar-refractivity contribution is 5.81. The molecule has 0 amide bonds. The van der Waals surface area contributed by atoms with Gasteiger partial charge in [0.2, 0.25) is 0 Å². The predicted octanol–water partition coefficient (Wildman–Crippen LogP) is 4.41. The molecule has 6 heteroatoms. The molecule has 2 aromatic heterocycles. The fourth-order valence-corrected chi connectivity index (χ4v) is 6.03. The third-order valence-electron chi connectivity index (χ3n) is 8.47. The van der Waals surface area contributed by atoms with Gasteiger partial charge in [0.25, 0.3) is 0 Å². The van der Waals surface area contributed by atoms with Crippen molar-refractivity contribution in [3.8, 4) is 11.8 Å². The van der Waals surface area contributed by atoms with Gasteiger partial charge in [-0.05, 0) is 70.6 Å². The fourth-order valence-electron chi connectivity index (χ4n) is 6.03. The molecule has 3 aromatic rings. The minimum absolute atomic E-state index is 0.0368. The summed E-state index contributed by atoms with van der Waals surface area (Å²) < 4.78 is 1.98. The SMILES string of the molecule is Cc1cc(-n2ncc3ccc(C4(C#N)CCC4)cc32)cc(N2CC3(C(C)(C)O)CC2C3)n1. The van der Waals surface area contributed by atoms with E-state index in [0.717, 1.165) is 72.3 Å². The van der Waals surface area contributed by atoms with Crippen LogP contribution in [0.3, 0.4) is 0 Å².